The Balaban J connectivity index is 2.28. The van der Waals surface area contributed by atoms with E-state index in [2.05, 4.69) is 13.0 Å². The number of aliphatic hydroxyl groups excluding tert-OH is 1. The van der Waals surface area contributed by atoms with Crippen molar-refractivity contribution in [1.29, 1.82) is 0 Å². The number of aryl methyl sites for hydroxylation is 1. The lowest BCUT2D eigenvalue weighted by Crippen LogP contribution is -2.29. The van der Waals surface area contributed by atoms with E-state index in [0.29, 0.717) is 0 Å². The summed E-state index contributed by atoms with van der Waals surface area (Å²) in [6, 6.07) is 15.4. The van der Waals surface area contributed by atoms with E-state index in [1.807, 2.05) is 49.4 Å². The first-order chi connectivity index (χ1) is 9.61. The van der Waals surface area contributed by atoms with E-state index in [9.17, 15) is 5.11 Å². The van der Waals surface area contributed by atoms with Crippen LogP contribution in [0.25, 0.3) is 0 Å². The molecule has 0 aliphatic carbocycles. The second-order valence-corrected chi connectivity index (χ2v) is 5.06. The van der Waals surface area contributed by atoms with Crippen molar-refractivity contribution < 1.29 is 9.84 Å². The minimum atomic E-state index is -0.204. The number of hydrogen-bond acceptors (Lipinski definition) is 3. The fraction of sp³-hybridized carbons (Fsp3) is 0.294. The molecule has 20 heavy (non-hydrogen) atoms. The highest BCUT2D eigenvalue weighted by atomic mass is 16.5. The second kappa shape index (κ2) is 6.55. The molecule has 0 bridgehead atoms. The van der Waals surface area contributed by atoms with Gasteiger partial charge in [0.05, 0.1) is 6.61 Å². The van der Waals surface area contributed by atoms with Gasteiger partial charge in [0, 0.05) is 6.04 Å². The standard InChI is InChI=1S/C17H21NO2/c1-12-6-3-4-9-16(12)17(13(2)18)20-15-8-5-7-14(10-15)11-19/h3-10,13,17,19H,11,18H2,1-2H3. The summed E-state index contributed by atoms with van der Waals surface area (Å²) in [5.74, 6) is 0.724. The van der Waals surface area contributed by atoms with Gasteiger partial charge in [0.1, 0.15) is 11.9 Å². The van der Waals surface area contributed by atoms with Gasteiger partial charge < -0.3 is 15.6 Å². The minimum Gasteiger partial charge on any atom is -0.484 e. The highest BCUT2D eigenvalue weighted by Crippen LogP contribution is 2.27. The molecule has 0 saturated heterocycles. The SMILES string of the molecule is Cc1ccccc1C(Oc1cccc(CO)c1)C(C)N. The van der Waals surface area contributed by atoms with E-state index in [1.165, 1.54) is 0 Å². The fourth-order valence-corrected chi connectivity index (χ4v) is 2.22. The van der Waals surface area contributed by atoms with Crippen LogP contribution in [-0.4, -0.2) is 11.1 Å². The Hall–Kier alpha value is -1.84. The molecule has 0 aliphatic rings. The number of nitrogens with two attached hydrogens (primary N) is 1. The van der Waals surface area contributed by atoms with E-state index in [-0.39, 0.29) is 18.8 Å². The van der Waals surface area contributed by atoms with Crippen LogP contribution in [-0.2, 0) is 6.61 Å². The summed E-state index contributed by atoms with van der Waals surface area (Å²) in [5.41, 5.74) is 9.17. The van der Waals surface area contributed by atoms with Crippen molar-refractivity contribution in [2.75, 3.05) is 0 Å². The molecular formula is C17H21NO2. The van der Waals surface area contributed by atoms with E-state index in [4.69, 9.17) is 10.5 Å². The lowest BCUT2D eigenvalue weighted by molar-refractivity contribution is 0.179. The summed E-state index contributed by atoms with van der Waals surface area (Å²) in [7, 11) is 0. The van der Waals surface area contributed by atoms with E-state index in [1.54, 1.807) is 0 Å². The number of rotatable bonds is 5. The van der Waals surface area contributed by atoms with Crippen LogP contribution in [0.2, 0.25) is 0 Å². The lowest BCUT2D eigenvalue weighted by atomic mass is 9.99. The molecule has 0 amide bonds. The molecule has 2 rings (SSSR count). The van der Waals surface area contributed by atoms with Crippen LogP contribution in [0, 0.1) is 6.92 Å². The average Bonchev–Trinajstić information content (AvgIpc) is 2.45. The first-order valence-electron chi connectivity index (χ1n) is 6.79. The zero-order chi connectivity index (χ0) is 14.5. The van der Waals surface area contributed by atoms with E-state index in [0.717, 1.165) is 22.4 Å². The topological polar surface area (TPSA) is 55.5 Å². The van der Waals surface area contributed by atoms with Gasteiger partial charge in [0.2, 0.25) is 0 Å². The summed E-state index contributed by atoms with van der Waals surface area (Å²) in [6.07, 6.45) is -0.204. The molecule has 2 aromatic rings. The van der Waals surface area contributed by atoms with E-state index < -0.39 is 0 Å². The molecule has 3 nitrogen and oxygen atoms in total. The minimum absolute atomic E-state index is 0.00437. The lowest BCUT2D eigenvalue weighted by Gasteiger charge is -2.24. The quantitative estimate of drug-likeness (QED) is 0.879. The molecule has 3 heteroatoms. The highest BCUT2D eigenvalue weighted by Gasteiger charge is 2.19. The molecule has 2 aromatic carbocycles. The summed E-state index contributed by atoms with van der Waals surface area (Å²) < 4.78 is 6.05. The molecule has 0 heterocycles. The predicted octanol–water partition coefficient (Wildman–Crippen LogP) is 2.95. The van der Waals surface area contributed by atoms with E-state index >= 15 is 0 Å². The molecule has 2 atom stereocenters. The van der Waals surface area contributed by atoms with Crippen LogP contribution in [0.1, 0.15) is 29.7 Å². The van der Waals surface area contributed by atoms with Gasteiger partial charge in [-0.2, -0.15) is 0 Å². The molecular weight excluding hydrogens is 250 g/mol. The first kappa shape index (κ1) is 14.6. The third kappa shape index (κ3) is 3.38. The van der Waals surface area contributed by atoms with Gasteiger partial charge in [-0.25, -0.2) is 0 Å². The fourth-order valence-electron chi connectivity index (χ4n) is 2.22. The average molecular weight is 271 g/mol. The predicted molar refractivity (Wildman–Crippen MR) is 80.6 cm³/mol. The Kier molecular flexibility index (Phi) is 4.77. The van der Waals surface area contributed by atoms with Crippen LogP contribution in [0.15, 0.2) is 48.5 Å². The molecule has 0 spiro atoms. The molecule has 0 fully saturated rings. The Bertz CT molecular complexity index is 566. The van der Waals surface area contributed by atoms with Crippen molar-refractivity contribution in [2.45, 2.75) is 32.6 Å². The number of hydrogen-bond donors (Lipinski definition) is 2. The Morgan fingerprint density at radius 2 is 1.90 bits per heavy atom. The Morgan fingerprint density at radius 1 is 1.15 bits per heavy atom. The maximum Gasteiger partial charge on any atom is 0.139 e. The van der Waals surface area contributed by atoms with Crippen LogP contribution < -0.4 is 10.5 Å². The molecule has 0 radical (unpaired) electrons. The van der Waals surface area contributed by atoms with Gasteiger partial charge in [-0.3, -0.25) is 0 Å². The summed E-state index contributed by atoms with van der Waals surface area (Å²) in [4.78, 5) is 0. The van der Waals surface area contributed by atoms with Crippen molar-refractivity contribution >= 4 is 0 Å². The van der Waals surface area contributed by atoms with Crippen molar-refractivity contribution in [3.8, 4) is 5.75 Å². The van der Waals surface area contributed by atoms with Crippen molar-refractivity contribution in [3.05, 3.63) is 65.2 Å². The number of benzene rings is 2. The van der Waals surface area contributed by atoms with Crippen molar-refractivity contribution in [1.82, 2.24) is 0 Å². The smallest absolute Gasteiger partial charge is 0.139 e. The van der Waals surface area contributed by atoms with Crippen molar-refractivity contribution in [2.24, 2.45) is 5.73 Å². The summed E-state index contributed by atoms with van der Waals surface area (Å²) in [5, 5.41) is 9.19. The van der Waals surface area contributed by atoms with Gasteiger partial charge in [-0.05, 0) is 42.7 Å². The Labute approximate surface area is 120 Å². The molecule has 0 aliphatic heterocycles. The summed E-state index contributed by atoms with van der Waals surface area (Å²) in [6.45, 7) is 4.00. The third-order valence-electron chi connectivity index (χ3n) is 3.32. The number of aliphatic hydroxyl groups is 1. The maximum absolute atomic E-state index is 9.19. The van der Waals surface area contributed by atoms with Gasteiger partial charge in [-0.1, -0.05) is 36.4 Å². The summed E-state index contributed by atoms with van der Waals surface area (Å²) >= 11 is 0. The maximum atomic E-state index is 9.19. The zero-order valence-corrected chi connectivity index (χ0v) is 11.9. The molecule has 106 valence electrons. The van der Waals surface area contributed by atoms with Gasteiger partial charge >= 0.3 is 0 Å². The highest BCUT2D eigenvalue weighted by molar-refractivity contribution is 5.32. The molecule has 2 unspecified atom stereocenters. The zero-order valence-electron chi connectivity index (χ0n) is 11.9. The normalized spacial score (nSPS) is 13.8. The van der Waals surface area contributed by atoms with Gasteiger partial charge in [-0.15, -0.1) is 0 Å². The Morgan fingerprint density at radius 3 is 2.55 bits per heavy atom. The molecule has 3 N–H and O–H groups in total. The largest absolute Gasteiger partial charge is 0.484 e. The molecule has 0 saturated carbocycles. The van der Waals surface area contributed by atoms with Crippen LogP contribution in [0.4, 0.5) is 0 Å². The molecule has 0 aromatic heterocycles. The number of ether oxygens (including phenoxy) is 1. The third-order valence-corrected chi connectivity index (χ3v) is 3.32. The monoisotopic (exact) mass is 271 g/mol. The van der Waals surface area contributed by atoms with Gasteiger partial charge in [0.25, 0.3) is 0 Å². The van der Waals surface area contributed by atoms with Crippen LogP contribution in [0.5, 0.6) is 5.75 Å². The van der Waals surface area contributed by atoms with Crippen molar-refractivity contribution in [3.63, 3.8) is 0 Å². The van der Waals surface area contributed by atoms with Gasteiger partial charge in [0.15, 0.2) is 0 Å². The van der Waals surface area contributed by atoms with Crippen LogP contribution in [0.3, 0.4) is 0 Å². The first-order valence-corrected chi connectivity index (χ1v) is 6.79. The second-order valence-electron chi connectivity index (χ2n) is 5.06. The van der Waals surface area contributed by atoms with Crippen LogP contribution >= 0.6 is 0 Å².